The van der Waals surface area contributed by atoms with Crippen molar-refractivity contribution in [3.05, 3.63) is 29.8 Å². The summed E-state index contributed by atoms with van der Waals surface area (Å²) in [5, 5.41) is -0.607. The number of benzene rings is 1. The number of nitrogens with zero attached hydrogens (tertiary/aromatic N) is 1. The number of methoxy groups -OCH3 is 1. The molecule has 0 N–H and O–H groups in total. The Morgan fingerprint density at radius 3 is 2.84 bits per heavy atom. The SMILES string of the molecule is COc1cccc(C2SCC(=O)N2CC(F)(F)F)c1. The van der Waals surface area contributed by atoms with E-state index in [1.807, 2.05) is 0 Å². The molecule has 1 unspecified atom stereocenters. The highest BCUT2D eigenvalue weighted by molar-refractivity contribution is 8.00. The van der Waals surface area contributed by atoms with Crippen LogP contribution < -0.4 is 4.74 Å². The van der Waals surface area contributed by atoms with Crippen molar-refractivity contribution in [1.29, 1.82) is 0 Å². The number of carbonyl (C=O) groups excluding carboxylic acids is 1. The van der Waals surface area contributed by atoms with Gasteiger partial charge in [0.25, 0.3) is 0 Å². The molecule has 0 aromatic heterocycles. The number of carbonyl (C=O) groups is 1. The summed E-state index contributed by atoms with van der Waals surface area (Å²) in [7, 11) is 1.49. The highest BCUT2D eigenvalue weighted by atomic mass is 32.2. The summed E-state index contributed by atoms with van der Waals surface area (Å²) >= 11 is 1.19. The third-order valence-corrected chi connectivity index (χ3v) is 3.95. The average molecular weight is 291 g/mol. The van der Waals surface area contributed by atoms with Crippen LogP contribution in [0.4, 0.5) is 13.2 Å². The molecule has 1 heterocycles. The minimum atomic E-state index is -4.39. The molecule has 0 aliphatic carbocycles. The summed E-state index contributed by atoms with van der Waals surface area (Å²) in [6.45, 7) is -1.22. The van der Waals surface area contributed by atoms with E-state index in [-0.39, 0.29) is 5.75 Å². The number of alkyl halides is 3. The Hall–Kier alpha value is -1.37. The van der Waals surface area contributed by atoms with E-state index in [0.717, 1.165) is 4.90 Å². The molecule has 2 rings (SSSR count). The van der Waals surface area contributed by atoms with Gasteiger partial charge in [-0.1, -0.05) is 12.1 Å². The fourth-order valence-electron chi connectivity index (χ4n) is 1.89. The maximum absolute atomic E-state index is 12.5. The van der Waals surface area contributed by atoms with Gasteiger partial charge in [-0.2, -0.15) is 13.2 Å². The van der Waals surface area contributed by atoms with Gasteiger partial charge < -0.3 is 9.64 Å². The van der Waals surface area contributed by atoms with Gasteiger partial charge in [0.2, 0.25) is 5.91 Å². The lowest BCUT2D eigenvalue weighted by Gasteiger charge is -2.25. The Morgan fingerprint density at radius 2 is 2.21 bits per heavy atom. The lowest BCUT2D eigenvalue weighted by atomic mass is 10.2. The molecule has 3 nitrogen and oxygen atoms in total. The standard InChI is InChI=1S/C12H12F3NO2S/c1-18-9-4-2-3-8(5-9)11-16(7-12(13,14)15)10(17)6-19-11/h2-5,11H,6-7H2,1H3. The quantitative estimate of drug-likeness (QED) is 0.857. The van der Waals surface area contributed by atoms with E-state index in [4.69, 9.17) is 4.74 Å². The van der Waals surface area contributed by atoms with Crippen molar-refractivity contribution in [2.45, 2.75) is 11.6 Å². The van der Waals surface area contributed by atoms with Crippen LogP contribution in [0, 0.1) is 0 Å². The second-order valence-corrected chi connectivity index (χ2v) is 5.15. The first kappa shape index (κ1) is 14.0. The van der Waals surface area contributed by atoms with Crippen LogP contribution in [-0.4, -0.2) is 36.4 Å². The molecule has 0 saturated carbocycles. The van der Waals surface area contributed by atoms with Gasteiger partial charge in [0.15, 0.2) is 0 Å². The maximum atomic E-state index is 12.5. The van der Waals surface area contributed by atoms with Crippen molar-refractivity contribution in [1.82, 2.24) is 4.90 Å². The molecule has 1 amide bonds. The number of rotatable bonds is 3. The molecule has 0 spiro atoms. The number of halogens is 3. The van der Waals surface area contributed by atoms with Crippen LogP contribution in [0.15, 0.2) is 24.3 Å². The fraction of sp³-hybridized carbons (Fsp3) is 0.417. The van der Waals surface area contributed by atoms with Crippen LogP contribution in [0.2, 0.25) is 0 Å². The van der Waals surface area contributed by atoms with Gasteiger partial charge in [-0.05, 0) is 17.7 Å². The van der Waals surface area contributed by atoms with Crippen LogP contribution in [0.5, 0.6) is 5.75 Å². The third-order valence-electron chi connectivity index (χ3n) is 2.70. The molecule has 1 aliphatic heterocycles. The highest BCUT2D eigenvalue weighted by Crippen LogP contribution is 2.40. The van der Waals surface area contributed by atoms with Gasteiger partial charge in [-0.25, -0.2) is 0 Å². The van der Waals surface area contributed by atoms with E-state index in [1.165, 1.54) is 18.9 Å². The monoisotopic (exact) mass is 291 g/mol. The number of hydrogen-bond acceptors (Lipinski definition) is 3. The van der Waals surface area contributed by atoms with Gasteiger partial charge in [0, 0.05) is 0 Å². The Balaban J connectivity index is 2.24. The molecule has 7 heteroatoms. The normalized spacial score (nSPS) is 19.9. The van der Waals surface area contributed by atoms with Crippen molar-refractivity contribution in [2.75, 3.05) is 19.4 Å². The first-order valence-corrected chi connectivity index (χ1v) is 6.57. The van der Waals surface area contributed by atoms with Crippen molar-refractivity contribution >= 4 is 17.7 Å². The van der Waals surface area contributed by atoms with Crippen LogP contribution in [0.25, 0.3) is 0 Å². The van der Waals surface area contributed by atoms with Crippen molar-refractivity contribution < 1.29 is 22.7 Å². The molecule has 0 bridgehead atoms. The van der Waals surface area contributed by atoms with Crippen LogP contribution >= 0.6 is 11.8 Å². The Bertz CT molecular complexity index is 478. The minimum Gasteiger partial charge on any atom is -0.497 e. The molecule has 1 saturated heterocycles. The molecule has 1 aromatic rings. The van der Waals surface area contributed by atoms with Gasteiger partial charge in [0.1, 0.15) is 17.7 Å². The van der Waals surface area contributed by atoms with Gasteiger partial charge in [0.05, 0.1) is 12.9 Å². The van der Waals surface area contributed by atoms with E-state index in [1.54, 1.807) is 24.3 Å². The van der Waals surface area contributed by atoms with Crippen LogP contribution in [-0.2, 0) is 4.79 Å². The first-order chi connectivity index (χ1) is 8.90. The molecule has 19 heavy (non-hydrogen) atoms. The second-order valence-electron chi connectivity index (χ2n) is 4.08. The van der Waals surface area contributed by atoms with E-state index < -0.39 is 24.0 Å². The average Bonchev–Trinajstić information content (AvgIpc) is 2.69. The number of hydrogen-bond donors (Lipinski definition) is 0. The number of amides is 1. The molecular formula is C12H12F3NO2S. The summed E-state index contributed by atoms with van der Waals surface area (Å²) in [6, 6.07) is 6.75. The van der Waals surface area contributed by atoms with Crippen molar-refractivity contribution in [3.8, 4) is 5.75 Å². The van der Waals surface area contributed by atoms with Gasteiger partial charge in [-0.3, -0.25) is 4.79 Å². The zero-order chi connectivity index (χ0) is 14.0. The maximum Gasteiger partial charge on any atom is 0.406 e. The van der Waals surface area contributed by atoms with E-state index in [2.05, 4.69) is 0 Å². The lowest BCUT2D eigenvalue weighted by Crippen LogP contribution is -2.37. The Labute approximate surface area is 112 Å². The summed E-state index contributed by atoms with van der Waals surface area (Å²) in [4.78, 5) is 12.4. The third kappa shape index (κ3) is 3.34. The predicted molar refractivity (Wildman–Crippen MR) is 66.0 cm³/mol. The van der Waals surface area contributed by atoms with Crippen molar-refractivity contribution in [3.63, 3.8) is 0 Å². The van der Waals surface area contributed by atoms with Gasteiger partial charge in [-0.15, -0.1) is 11.8 Å². The van der Waals surface area contributed by atoms with Crippen molar-refractivity contribution in [2.24, 2.45) is 0 Å². The smallest absolute Gasteiger partial charge is 0.406 e. The lowest BCUT2D eigenvalue weighted by molar-refractivity contribution is -0.159. The molecule has 104 valence electrons. The minimum absolute atomic E-state index is 0.0674. The van der Waals surface area contributed by atoms with Gasteiger partial charge >= 0.3 is 6.18 Å². The van der Waals surface area contributed by atoms with E-state index in [9.17, 15) is 18.0 Å². The van der Waals surface area contributed by atoms with Crippen LogP contribution in [0.1, 0.15) is 10.9 Å². The second kappa shape index (κ2) is 5.32. The molecule has 1 atom stereocenters. The first-order valence-electron chi connectivity index (χ1n) is 5.52. The molecule has 1 aromatic carbocycles. The largest absolute Gasteiger partial charge is 0.497 e. The Morgan fingerprint density at radius 1 is 1.47 bits per heavy atom. The summed E-state index contributed by atoms with van der Waals surface area (Å²) in [5.41, 5.74) is 0.638. The zero-order valence-corrected chi connectivity index (χ0v) is 10.9. The molecule has 0 radical (unpaired) electrons. The van der Waals surface area contributed by atoms with E-state index >= 15 is 0 Å². The fourth-order valence-corrected chi connectivity index (χ4v) is 3.07. The van der Waals surface area contributed by atoms with E-state index in [0.29, 0.717) is 11.3 Å². The summed E-state index contributed by atoms with van der Waals surface area (Å²) in [5.74, 6) is 0.136. The zero-order valence-electron chi connectivity index (χ0n) is 10.1. The molecule has 1 aliphatic rings. The summed E-state index contributed by atoms with van der Waals surface area (Å²) < 4.78 is 42.5. The Kier molecular flexibility index (Phi) is 3.93. The topological polar surface area (TPSA) is 29.5 Å². The highest BCUT2D eigenvalue weighted by Gasteiger charge is 2.40. The van der Waals surface area contributed by atoms with Crippen LogP contribution in [0.3, 0.4) is 0 Å². The molecular weight excluding hydrogens is 279 g/mol. The predicted octanol–water partition coefficient (Wildman–Crippen LogP) is 2.83. The number of thioether (sulfide) groups is 1. The number of ether oxygens (including phenoxy) is 1. The summed E-state index contributed by atoms with van der Waals surface area (Å²) in [6.07, 6.45) is -4.39. The molecule has 1 fully saturated rings.